The summed E-state index contributed by atoms with van der Waals surface area (Å²) < 4.78 is 4.96. The van der Waals surface area contributed by atoms with E-state index in [0.29, 0.717) is 23.4 Å². The van der Waals surface area contributed by atoms with Gasteiger partial charge in [-0.15, -0.1) is 0 Å². The average Bonchev–Trinajstić information content (AvgIpc) is 2.15. The summed E-state index contributed by atoms with van der Waals surface area (Å²) in [6, 6.07) is 1.69. The van der Waals surface area contributed by atoms with Crippen molar-refractivity contribution in [2.24, 2.45) is 0 Å². The fourth-order valence-electron chi connectivity index (χ4n) is 0.919. The molecule has 0 fully saturated rings. The largest absolute Gasteiger partial charge is 0.481 e. The lowest BCUT2D eigenvalue weighted by Gasteiger charge is -2.03. The Bertz CT molecular complexity index is 334. The molecule has 0 radical (unpaired) electrons. The van der Waals surface area contributed by atoms with Gasteiger partial charge in [0.25, 0.3) is 0 Å². The monoisotopic (exact) mass is 178 g/mol. The molecule has 68 valence electrons. The van der Waals surface area contributed by atoms with E-state index in [9.17, 15) is 4.79 Å². The van der Waals surface area contributed by atoms with Gasteiger partial charge in [0.1, 0.15) is 6.29 Å². The molecule has 0 aliphatic heterocycles. The van der Waals surface area contributed by atoms with Gasteiger partial charge in [0.15, 0.2) is 0 Å². The van der Waals surface area contributed by atoms with Crippen LogP contribution in [0.2, 0.25) is 0 Å². The summed E-state index contributed by atoms with van der Waals surface area (Å²) in [5, 5.41) is 0. The van der Waals surface area contributed by atoms with Crippen LogP contribution < -0.4 is 10.5 Å². The third-order valence-corrected chi connectivity index (χ3v) is 1.45. The van der Waals surface area contributed by atoms with Crippen LogP contribution in [0.3, 0.4) is 0 Å². The number of pyridine rings is 1. The van der Waals surface area contributed by atoms with E-state index in [1.807, 2.05) is 0 Å². The van der Waals surface area contributed by atoms with E-state index in [-0.39, 0.29) is 0 Å². The van der Waals surface area contributed by atoms with Gasteiger partial charge in [0, 0.05) is 5.56 Å². The molecule has 1 aromatic heterocycles. The molecule has 1 heterocycles. The average molecular weight is 178 g/mol. The highest BCUT2D eigenvalue weighted by molar-refractivity contribution is 5.75. The number of carbonyl (C=O) groups excluding carboxylic acids is 1. The summed E-state index contributed by atoms with van der Waals surface area (Å²) in [6.07, 6.45) is 5.13. The number of carbonyl (C=O) groups is 1. The smallest absolute Gasteiger partial charge is 0.220 e. The highest BCUT2D eigenvalue weighted by Gasteiger charge is 2.00. The number of aldehydes is 1. The molecule has 1 aromatic rings. The highest BCUT2D eigenvalue weighted by Crippen LogP contribution is 2.18. The van der Waals surface area contributed by atoms with Crippen LogP contribution in [0.5, 0.6) is 5.88 Å². The summed E-state index contributed by atoms with van der Waals surface area (Å²) >= 11 is 0. The quantitative estimate of drug-likeness (QED) is 0.551. The minimum absolute atomic E-state index is 0.451. The normalized spacial score (nSPS) is 10.2. The molecule has 0 amide bonds. The number of allylic oxidation sites excluding steroid dienone is 1. The Balaban J connectivity index is 3.07. The zero-order valence-corrected chi connectivity index (χ0v) is 7.23. The first-order chi connectivity index (χ1) is 6.27. The van der Waals surface area contributed by atoms with Crippen molar-refractivity contribution in [1.29, 1.82) is 0 Å². The van der Waals surface area contributed by atoms with Crippen molar-refractivity contribution in [3.8, 4) is 5.88 Å². The molecule has 2 N–H and O–H groups in total. The Hall–Kier alpha value is -1.84. The van der Waals surface area contributed by atoms with Crippen LogP contribution in [0.25, 0.3) is 6.08 Å². The van der Waals surface area contributed by atoms with Crippen LogP contribution in [-0.2, 0) is 4.79 Å². The first-order valence-electron chi connectivity index (χ1n) is 3.69. The number of hydrogen-bond donors (Lipinski definition) is 1. The number of methoxy groups -OCH3 is 1. The molecule has 0 saturated carbocycles. The van der Waals surface area contributed by atoms with Crippen LogP contribution in [0.4, 0.5) is 5.69 Å². The first-order valence-corrected chi connectivity index (χ1v) is 3.69. The molecule has 4 nitrogen and oxygen atoms in total. The van der Waals surface area contributed by atoms with E-state index < -0.39 is 0 Å². The molecule has 0 spiro atoms. The van der Waals surface area contributed by atoms with Crippen molar-refractivity contribution in [3.05, 3.63) is 23.9 Å². The highest BCUT2D eigenvalue weighted by atomic mass is 16.5. The third kappa shape index (κ3) is 2.30. The Morgan fingerprint density at radius 1 is 1.62 bits per heavy atom. The van der Waals surface area contributed by atoms with Gasteiger partial charge in [-0.2, -0.15) is 0 Å². The number of nitrogens with two attached hydrogens (primary N) is 1. The predicted octanol–water partition coefficient (Wildman–Crippen LogP) is 0.884. The van der Waals surface area contributed by atoms with Gasteiger partial charge in [-0.25, -0.2) is 4.98 Å². The second-order valence-electron chi connectivity index (χ2n) is 2.36. The Morgan fingerprint density at radius 2 is 2.38 bits per heavy atom. The Labute approximate surface area is 76.0 Å². The van der Waals surface area contributed by atoms with Crippen molar-refractivity contribution >= 4 is 18.0 Å². The van der Waals surface area contributed by atoms with Gasteiger partial charge in [-0.3, -0.25) is 4.79 Å². The summed E-state index contributed by atoms with van der Waals surface area (Å²) in [5.41, 5.74) is 6.74. The molecular formula is C9H10N2O2. The minimum atomic E-state index is 0.451. The van der Waals surface area contributed by atoms with Gasteiger partial charge < -0.3 is 10.5 Å². The molecule has 0 aliphatic rings. The fourth-order valence-corrected chi connectivity index (χ4v) is 0.919. The zero-order chi connectivity index (χ0) is 9.68. The summed E-state index contributed by atoms with van der Waals surface area (Å²) in [5.74, 6) is 0.451. The number of anilines is 1. The van der Waals surface area contributed by atoms with Crippen molar-refractivity contribution in [1.82, 2.24) is 4.98 Å². The Kier molecular flexibility index (Phi) is 3.03. The lowest BCUT2D eigenvalue weighted by Crippen LogP contribution is -1.93. The second kappa shape index (κ2) is 4.25. The third-order valence-electron chi connectivity index (χ3n) is 1.45. The summed E-state index contributed by atoms with van der Waals surface area (Å²) in [6.45, 7) is 0. The minimum Gasteiger partial charge on any atom is -0.481 e. The van der Waals surface area contributed by atoms with Gasteiger partial charge in [-0.1, -0.05) is 0 Å². The number of ether oxygens (including phenoxy) is 1. The summed E-state index contributed by atoms with van der Waals surface area (Å²) in [7, 11) is 1.51. The van der Waals surface area contributed by atoms with E-state index >= 15 is 0 Å². The van der Waals surface area contributed by atoms with Crippen molar-refractivity contribution < 1.29 is 9.53 Å². The van der Waals surface area contributed by atoms with Gasteiger partial charge in [0.05, 0.1) is 19.0 Å². The molecule has 0 aliphatic carbocycles. The van der Waals surface area contributed by atoms with E-state index in [0.717, 1.165) is 0 Å². The van der Waals surface area contributed by atoms with Gasteiger partial charge in [-0.05, 0) is 18.2 Å². The zero-order valence-electron chi connectivity index (χ0n) is 7.23. The second-order valence-corrected chi connectivity index (χ2v) is 2.36. The van der Waals surface area contributed by atoms with E-state index in [1.54, 1.807) is 12.1 Å². The summed E-state index contributed by atoms with van der Waals surface area (Å²) in [4.78, 5) is 14.0. The fraction of sp³-hybridized carbons (Fsp3) is 0.111. The van der Waals surface area contributed by atoms with E-state index in [4.69, 9.17) is 10.5 Å². The van der Waals surface area contributed by atoms with Crippen LogP contribution >= 0.6 is 0 Å². The van der Waals surface area contributed by atoms with Gasteiger partial charge >= 0.3 is 0 Å². The maximum atomic E-state index is 10.1. The van der Waals surface area contributed by atoms with Crippen molar-refractivity contribution in [2.75, 3.05) is 12.8 Å². The number of aromatic nitrogens is 1. The van der Waals surface area contributed by atoms with Crippen LogP contribution in [0, 0.1) is 0 Å². The molecule has 0 unspecified atom stereocenters. The molecule has 0 aromatic carbocycles. The first kappa shape index (κ1) is 9.25. The molecular weight excluding hydrogens is 168 g/mol. The predicted molar refractivity (Wildman–Crippen MR) is 50.3 cm³/mol. The van der Waals surface area contributed by atoms with Crippen LogP contribution in [0.1, 0.15) is 5.56 Å². The van der Waals surface area contributed by atoms with E-state index in [1.165, 1.54) is 19.4 Å². The molecule has 4 heteroatoms. The molecule has 0 atom stereocenters. The molecule has 1 rings (SSSR count). The maximum absolute atomic E-state index is 10.1. The number of hydrogen-bond acceptors (Lipinski definition) is 4. The van der Waals surface area contributed by atoms with Crippen LogP contribution in [0.15, 0.2) is 18.3 Å². The molecule has 0 bridgehead atoms. The van der Waals surface area contributed by atoms with E-state index in [2.05, 4.69) is 4.98 Å². The maximum Gasteiger partial charge on any atom is 0.220 e. The molecule has 13 heavy (non-hydrogen) atoms. The Morgan fingerprint density at radius 3 is 3.00 bits per heavy atom. The van der Waals surface area contributed by atoms with Crippen molar-refractivity contribution in [2.45, 2.75) is 0 Å². The number of rotatable bonds is 3. The van der Waals surface area contributed by atoms with Crippen LogP contribution in [-0.4, -0.2) is 18.4 Å². The standard InChI is InChI=1S/C9H10N2O2/c1-13-9-7(3-2-4-12)5-8(10)6-11-9/h2-6H,10H2,1H3. The number of nitrogen functional groups attached to an aromatic ring is 1. The van der Waals surface area contributed by atoms with Gasteiger partial charge in [0.2, 0.25) is 5.88 Å². The topological polar surface area (TPSA) is 65.2 Å². The number of nitrogens with zero attached hydrogens (tertiary/aromatic N) is 1. The molecule has 0 saturated heterocycles. The SMILES string of the molecule is COc1ncc(N)cc1C=CC=O. The lowest BCUT2D eigenvalue weighted by molar-refractivity contribution is -0.104. The van der Waals surface area contributed by atoms with Crippen molar-refractivity contribution in [3.63, 3.8) is 0 Å². The lowest BCUT2D eigenvalue weighted by atomic mass is 10.2.